The van der Waals surface area contributed by atoms with Crippen molar-refractivity contribution >= 4 is 11.6 Å². The molecule has 0 aliphatic carbocycles. The van der Waals surface area contributed by atoms with Crippen molar-refractivity contribution in [3.8, 4) is 0 Å². The molecule has 0 saturated carbocycles. The molecule has 2 aromatic heterocycles. The molecule has 2 heterocycles. The molecule has 0 bridgehead atoms. The van der Waals surface area contributed by atoms with E-state index in [1.807, 2.05) is 20.2 Å². The zero-order valence-corrected chi connectivity index (χ0v) is 11.0. The molecule has 0 aromatic carbocycles. The second kappa shape index (κ2) is 5.21. The van der Waals surface area contributed by atoms with E-state index in [4.69, 9.17) is 0 Å². The topological polar surface area (TPSA) is 54.8 Å². The molecule has 0 aliphatic rings. The maximum absolute atomic E-state index is 13.6. The first-order valence-corrected chi connectivity index (χ1v) is 5.78. The Bertz CT molecular complexity index is 594. The molecule has 2 rings (SSSR count). The fraction of sp³-hybridized carbons (Fsp3) is 0.333. The van der Waals surface area contributed by atoms with Crippen LogP contribution in [-0.2, 0) is 13.6 Å². The molecule has 102 valence electrons. The molecule has 0 spiro atoms. The standard InChI is InChI=1S/C12H15F2N5/c1-7-8(6-19(3)18-7)5-16-12-10(14)4-9(13)11(15-2)17-12/h4,6H,5H2,1-3H3,(H2,15,16,17). The average molecular weight is 267 g/mol. The van der Waals surface area contributed by atoms with Gasteiger partial charge in [0.1, 0.15) is 0 Å². The Morgan fingerprint density at radius 1 is 1.26 bits per heavy atom. The predicted molar refractivity (Wildman–Crippen MR) is 69.0 cm³/mol. The Morgan fingerprint density at radius 2 is 1.95 bits per heavy atom. The summed E-state index contributed by atoms with van der Waals surface area (Å²) in [5.41, 5.74) is 1.78. The summed E-state index contributed by atoms with van der Waals surface area (Å²) in [6.45, 7) is 2.24. The van der Waals surface area contributed by atoms with Gasteiger partial charge in [0.25, 0.3) is 0 Å². The number of nitrogens with one attached hydrogen (secondary N) is 2. The zero-order valence-electron chi connectivity index (χ0n) is 11.0. The van der Waals surface area contributed by atoms with Crippen LogP contribution < -0.4 is 10.6 Å². The Balaban J connectivity index is 2.17. The third-order valence-electron chi connectivity index (χ3n) is 2.73. The number of rotatable bonds is 4. The Labute approximate surface area is 109 Å². The molecule has 0 unspecified atom stereocenters. The van der Waals surface area contributed by atoms with Gasteiger partial charge in [-0.1, -0.05) is 0 Å². The van der Waals surface area contributed by atoms with Gasteiger partial charge in [0.05, 0.1) is 5.69 Å². The summed E-state index contributed by atoms with van der Waals surface area (Å²) in [5, 5.41) is 9.59. The van der Waals surface area contributed by atoms with Gasteiger partial charge in [0, 0.05) is 38.5 Å². The van der Waals surface area contributed by atoms with E-state index in [0.717, 1.165) is 17.3 Å². The van der Waals surface area contributed by atoms with E-state index >= 15 is 0 Å². The van der Waals surface area contributed by atoms with Crippen LogP contribution in [0.3, 0.4) is 0 Å². The molecule has 0 amide bonds. The van der Waals surface area contributed by atoms with Gasteiger partial charge < -0.3 is 10.6 Å². The summed E-state index contributed by atoms with van der Waals surface area (Å²) >= 11 is 0. The van der Waals surface area contributed by atoms with Gasteiger partial charge in [-0.05, 0) is 6.92 Å². The summed E-state index contributed by atoms with van der Waals surface area (Å²) in [7, 11) is 3.34. The second-order valence-electron chi connectivity index (χ2n) is 4.17. The summed E-state index contributed by atoms with van der Waals surface area (Å²) in [6.07, 6.45) is 1.84. The summed E-state index contributed by atoms with van der Waals surface area (Å²) < 4.78 is 28.5. The van der Waals surface area contributed by atoms with Gasteiger partial charge in [0.2, 0.25) is 0 Å². The number of nitrogens with zero attached hydrogens (tertiary/aromatic N) is 3. The minimum absolute atomic E-state index is 0.00630. The monoisotopic (exact) mass is 267 g/mol. The first-order chi connectivity index (χ1) is 9.01. The number of aromatic nitrogens is 3. The lowest BCUT2D eigenvalue weighted by atomic mass is 10.2. The van der Waals surface area contributed by atoms with Gasteiger partial charge in [-0.2, -0.15) is 5.10 Å². The van der Waals surface area contributed by atoms with E-state index in [2.05, 4.69) is 20.7 Å². The second-order valence-corrected chi connectivity index (χ2v) is 4.17. The highest BCUT2D eigenvalue weighted by Crippen LogP contribution is 2.19. The fourth-order valence-electron chi connectivity index (χ4n) is 1.77. The molecule has 0 saturated heterocycles. The van der Waals surface area contributed by atoms with Crippen LogP contribution in [0.1, 0.15) is 11.3 Å². The van der Waals surface area contributed by atoms with Gasteiger partial charge >= 0.3 is 0 Å². The van der Waals surface area contributed by atoms with Gasteiger partial charge in [-0.25, -0.2) is 13.8 Å². The number of hydrogen-bond acceptors (Lipinski definition) is 4. The normalized spacial score (nSPS) is 10.6. The lowest BCUT2D eigenvalue weighted by molar-refractivity contribution is 0.578. The van der Waals surface area contributed by atoms with Gasteiger partial charge in [-0.15, -0.1) is 0 Å². The number of anilines is 2. The van der Waals surface area contributed by atoms with E-state index in [-0.39, 0.29) is 11.6 Å². The highest BCUT2D eigenvalue weighted by atomic mass is 19.1. The van der Waals surface area contributed by atoms with Crippen LogP contribution in [-0.4, -0.2) is 21.8 Å². The number of pyridine rings is 1. The van der Waals surface area contributed by atoms with Gasteiger partial charge in [-0.3, -0.25) is 4.68 Å². The highest BCUT2D eigenvalue weighted by molar-refractivity contribution is 5.47. The quantitative estimate of drug-likeness (QED) is 0.890. The lowest BCUT2D eigenvalue weighted by Crippen LogP contribution is -2.07. The maximum Gasteiger partial charge on any atom is 0.168 e. The third kappa shape index (κ3) is 2.81. The summed E-state index contributed by atoms with van der Waals surface area (Å²) in [5.74, 6) is -1.43. The predicted octanol–water partition coefficient (Wildman–Crippen LogP) is 2.06. The Hall–Kier alpha value is -2.18. The Morgan fingerprint density at radius 3 is 2.53 bits per heavy atom. The summed E-state index contributed by atoms with van der Waals surface area (Å²) in [6, 6.07) is 0.803. The number of halogens is 2. The molecule has 19 heavy (non-hydrogen) atoms. The third-order valence-corrected chi connectivity index (χ3v) is 2.73. The molecule has 0 atom stereocenters. The van der Waals surface area contributed by atoms with Crippen LogP contribution in [0.2, 0.25) is 0 Å². The van der Waals surface area contributed by atoms with Crippen molar-refractivity contribution in [1.29, 1.82) is 0 Å². The van der Waals surface area contributed by atoms with Crippen molar-refractivity contribution in [3.05, 3.63) is 35.2 Å². The van der Waals surface area contributed by atoms with Crippen molar-refractivity contribution in [2.45, 2.75) is 13.5 Å². The zero-order chi connectivity index (χ0) is 14.0. The van der Waals surface area contributed by atoms with E-state index in [9.17, 15) is 8.78 Å². The number of aryl methyl sites for hydroxylation is 2. The van der Waals surface area contributed by atoms with Crippen LogP contribution in [0.5, 0.6) is 0 Å². The Kier molecular flexibility index (Phi) is 3.64. The molecule has 0 aliphatic heterocycles. The van der Waals surface area contributed by atoms with Gasteiger partial charge in [0.15, 0.2) is 23.3 Å². The van der Waals surface area contributed by atoms with Crippen molar-refractivity contribution in [2.75, 3.05) is 17.7 Å². The summed E-state index contributed by atoms with van der Waals surface area (Å²) in [4.78, 5) is 3.84. The minimum Gasteiger partial charge on any atom is -0.371 e. The van der Waals surface area contributed by atoms with Crippen LogP contribution in [0.4, 0.5) is 20.4 Å². The molecule has 2 N–H and O–H groups in total. The van der Waals surface area contributed by atoms with Crippen molar-refractivity contribution < 1.29 is 8.78 Å². The molecule has 0 radical (unpaired) electrons. The average Bonchev–Trinajstić information content (AvgIpc) is 2.67. The van der Waals surface area contributed by atoms with E-state index in [1.165, 1.54) is 7.05 Å². The highest BCUT2D eigenvalue weighted by Gasteiger charge is 2.11. The molecule has 7 heteroatoms. The molecular formula is C12H15F2N5. The fourth-order valence-corrected chi connectivity index (χ4v) is 1.77. The molecule has 5 nitrogen and oxygen atoms in total. The van der Waals surface area contributed by atoms with E-state index in [1.54, 1.807) is 4.68 Å². The van der Waals surface area contributed by atoms with Crippen molar-refractivity contribution in [3.63, 3.8) is 0 Å². The largest absolute Gasteiger partial charge is 0.371 e. The minimum atomic E-state index is -0.724. The van der Waals surface area contributed by atoms with Crippen LogP contribution in [0.15, 0.2) is 12.3 Å². The van der Waals surface area contributed by atoms with Crippen molar-refractivity contribution in [2.24, 2.45) is 7.05 Å². The molecule has 0 fully saturated rings. The van der Waals surface area contributed by atoms with E-state index < -0.39 is 11.6 Å². The first-order valence-electron chi connectivity index (χ1n) is 5.78. The molecular weight excluding hydrogens is 252 g/mol. The first kappa shape index (κ1) is 13.3. The SMILES string of the molecule is CNc1nc(NCc2cn(C)nc2C)c(F)cc1F. The van der Waals surface area contributed by atoms with Crippen LogP contribution in [0, 0.1) is 18.6 Å². The van der Waals surface area contributed by atoms with Crippen molar-refractivity contribution in [1.82, 2.24) is 14.8 Å². The maximum atomic E-state index is 13.6. The number of hydrogen-bond donors (Lipinski definition) is 2. The van der Waals surface area contributed by atoms with E-state index in [0.29, 0.717) is 6.54 Å². The lowest BCUT2D eigenvalue weighted by Gasteiger charge is -2.09. The smallest absolute Gasteiger partial charge is 0.168 e. The van der Waals surface area contributed by atoms with Crippen LogP contribution >= 0.6 is 0 Å². The molecule has 2 aromatic rings. The van der Waals surface area contributed by atoms with Crippen LogP contribution in [0.25, 0.3) is 0 Å².